The second-order valence-electron chi connectivity index (χ2n) is 4.94. The van der Waals surface area contributed by atoms with Crippen LogP contribution in [0.1, 0.15) is 38.8 Å². The molecule has 0 aliphatic carbocycles. The molecule has 1 heterocycles. The Bertz CT molecular complexity index is 494. The highest BCUT2D eigenvalue weighted by atomic mass is 79.9. The van der Waals surface area contributed by atoms with Crippen molar-refractivity contribution >= 4 is 37.1 Å². The van der Waals surface area contributed by atoms with Crippen LogP contribution in [-0.2, 0) is 9.84 Å². The second-order valence-corrected chi connectivity index (χ2v) is 9.13. The molecular weight excluding hydrogens is 334 g/mol. The molecule has 0 amide bonds. The summed E-state index contributed by atoms with van der Waals surface area (Å²) in [5, 5.41) is 7.34. The lowest BCUT2D eigenvalue weighted by Crippen LogP contribution is -2.45. The lowest BCUT2D eigenvalue weighted by molar-refractivity contribution is 0.420. The van der Waals surface area contributed by atoms with Gasteiger partial charge in [-0.25, -0.2) is 8.42 Å². The zero-order chi connectivity index (χ0) is 14.0. The first-order chi connectivity index (χ1) is 8.21. The van der Waals surface area contributed by atoms with Crippen LogP contribution in [0.15, 0.2) is 15.2 Å². The topological polar surface area (TPSA) is 46.2 Å². The zero-order valence-corrected chi connectivity index (χ0v) is 14.4. The van der Waals surface area contributed by atoms with Crippen LogP contribution in [0.2, 0.25) is 0 Å². The molecular formula is C12H20BrNO2S2. The van der Waals surface area contributed by atoms with Crippen molar-refractivity contribution in [3.63, 3.8) is 0 Å². The van der Waals surface area contributed by atoms with Crippen LogP contribution in [0.25, 0.3) is 0 Å². The molecule has 1 N–H and O–H groups in total. The fourth-order valence-corrected chi connectivity index (χ4v) is 3.92. The third-order valence-corrected chi connectivity index (χ3v) is 7.10. The standard InChI is InChI=1S/C12H20BrNO2S2/c1-5-6-14-11(9-7-17-8-10(9)13)12(2,3)18(4,15)16/h7-8,11,14H,5-6H2,1-4H3. The van der Waals surface area contributed by atoms with E-state index >= 15 is 0 Å². The van der Waals surface area contributed by atoms with Gasteiger partial charge in [-0.05, 0) is 53.7 Å². The Morgan fingerprint density at radius 3 is 2.44 bits per heavy atom. The van der Waals surface area contributed by atoms with Gasteiger partial charge in [0, 0.05) is 16.1 Å². The van der Waals surface area contributed by atoms with Gasteiger partial charge in [0.15, 0.2) is 9.84 Å². The quantitative estimate of drug-likeness (QED) is 0.852. The minimum atomic E-state index is -3.15. The fourth-order valence-electron chi connectivity index (χ4n) is 1.73. The monoisotopic (exact) mass is 353 g/mol. The summed E-state index contributed by atoms with van der Waals surface area (Å²) >= 11 is 5.07. The molecule has 1 rings (SSSR count). The Morgan fingerprint density at radius 2 is 2.06 bits per heavy atom. The third kappa shape index (κ3) is 3.35. The van der Waals surface area contributed by atoms with Crippen LogP contribution < -0.4 is 5.32 Å². The van der Waals surface area contributed by atoms with Gasteiger partial charge in [-0.2, -0.15) is 11.3 Å². The summed E-state index contributed by atoms with van der Waals surface area (Å²) in [6, 6.07) is -0.201. The summed E-state index contributed by atoms with van der Waals surface area (Å²) in [7, 11) is -3.15. The van der Waals surface area contributed by atoms with E-state index < -0.39 is 14.6 Å². The van der Waals surface area contributed by atoms with Crippen LogP contribution in [0.3, 0.4) is 0 Å². The molecule has 0 saturated heterocycles. The second kappa shape index (κ2) is 6.03. The average molecular weight is 354 g/mol. The van der Waals surface area contributed by atoms with Crippen molar-refractivity contribution in [1.29, 1.82) is 0 Å². The van der Waals surface area contributed by atoms with Gasteiger partial charge in [0.05, 0.1) is 10.8 Å². The molecule has 0 aromatic carbocycles. The summed E-state index contributed by atoms with van der Waals surface area (Å²) in [6.45, 7) is 6.42. The highest BCUT2D eigenvalue weighted by molar-refractivity contribution is 9.10. The normalized spacial score (nSPS) is 14.7. The number of hydrogen-bond acceptors (Lipinski definition) is 4. The molecule has 0 bridgehead atoms. The smallest absolute Gasteiger partial charge is 0.154 e. The summed E-state index contributed by atoms with van der Waals surface area (Å²) in [4.78, 5) is 0. The minimum absolute atomic E-state index is 0.201. The predicted octanol–water partition coefficient (Wildman–Crippen LogP) is 3.37. The van der Waals surface area contributed by atoms with Gasteiger partial charge < -0.3 is 5.32 Å². The highest BCUT2D eigenvalue weighted by Crippen LogP contribution is 2.37. The van der Waals surface area contributed by atoms with E-state index in [9.17, 15) is 8.42 Å². The van der Waals surface area contributed by atoms with Crippen LogP contribution in [-0.4, -0.2) is 26.0 Å². The Labute approximate surface area is 122 Å². The molecule has 1 atom stereocenters. The number of halogens is 1. The van der Waals surface area contributed by atoms with Crippen molar-refractivity contribution in [3.8, 4) is 0 Å². The van der Waals surface area contributed by atoms with E-state index in [1.165, 1.54) is 6.26 Å². The average Bonchev–Trinajstić information content (AvgIpc) is 2.63. The largest absolute Gasteiger partial charge is 0.309 e. The van der Waals surface area contributed by atoms with Crippen molar-refractivity contribution < 1.29 is 8.42 Å². The molecule has 1 unspecified atom stereocenters. The maximum atomic E-state index is 12.0. The van der Waals surface area contributed by atoms with Crippen molar-refractivity contribution in [2.75, 3.05) is 12.8 Å². The first-order valence-corrected chi connectivity index (χ1v) is 9.49. The van der Waals surface area contributed by atoms with E-state index in [-0.39, 0.29) is 6.04 Å². The Kier molecular flexibility index (Phi) is 5.41. The number of sulfone groups is 1. The van der Waals surface area contributed by atoms with E-state index in [1.54, 1.807) is 25.2 Å². The molecule has 3 nitrogen and oxygen atoms in total. The number of nitrogens with one attached hydrogen (secondary N) is 1. The van der Waals surface area contributed by atoms with Gasteiger partial charge >= 0.3 is 0 Å². The van der Waals surface area contributed by atoms with Gasteiger partial charge in [-0.3, -0.25) is 0 Å². The van der Waals surface area contributed by atoms with Gasteiger partial charge in [0.25, 0.3) is 0 Å². The first-order valence-electron chi connectivity index (χ1n) is 5.86. The van der Waals surface area contributed by atoms with Crippen LogP contribution >= 0.6 is 27.3 Å². The zero-order valence-electron chi connectivity index (χ0n) is 11.2. The summed E-state index contributed by atoms with van der Waals surface area (Å²) in [5.74, 6) is 0. The Hall–Kier alpha value is 0.0900. The van der Waals surface area contributed by atoms with Crippen molar-refractivity contribution in [1.82, 2.24) is 5.32 Å². The molecule has 1 aromatic heterocycles. The van der Waals surface area contributed by atoms with Crippen LogP contribution in [0.5, 0.6) is 0 Å². The van der Waals surface area contributed by atoms with E-state index in [2.05, 4.69) is 28.2 Å². The highest BCUT2D eigenvalue weighted by Gasteiger charge is 2.40. The van der Waals surface area contributed by atoms with Gasteiger partial charge in [0.2, 0.25) is 0 Å². The number of hydrogen-bond donors (Lipinski definition) is 1. The molecule has 0 radical (unpaired) electrons. The maximum absolute atomic E-state index is 12.0. The molecule has 0 fully saturated rings. The molecule has 0 aliphatic rings. The van der Waals surface area contributed by atoms with E-state index in [0.717, 1.165) is 23.0 Å². The van der Waals surface area contributed by atoms with Gasteiger partial charge in [-0.15, -0.1) is 0 Å². The number of rotatable bonds is 6. The molecule has 1 aromatic rings. The molecule has 0 saturated carbocycles. The van der Waals surface area contributed by atoms with Gasteiger partial charge in [-0.1, -0.05) is 6.92 Å². The first kappa shape index (κ1) is 16.1. The van der Waals surface area contributed by atoms with E-state index in [0.29, 0.717) is 0 Å². The predicted molar refractivity (Wildman–Crippen MR) is 82.0 cm³/mol. The fraction of sp³-hybridized carbons (Fsp3) is 0.667. The van der Waals surface area contributed by atoms with Gasteiger partial charge in [0.1, 0.15) is 0 Å². The molecule has 0 aliphatic heterocycles. The third-order valence-electron chi connectivity index (χ3n) is 3.20. The van der Waals surface area contributed by atoms with Crippen molar-refractivity contribution in [3.05, 3.63) is 20.8 Å². The molecule has 104 valence electrons. The minimum Gasteiger partial charge on any atom is -0.309 e. The lowest BCUT2D eigenvalue weighted by atomic mass is 9.97. The maximum Gasteiger partial charge on any atom is 0.154 e. The molecule has 18 heavy (non-hydrogen) atoms. The SMILES string of the molecule is CCCNC(c1cscc1Br)C(C)(C)S(C)(=O)=O. The lowest BCUT2D eigenvalue weighted by Gasteiger charge is -2.33. The molecule has 6 heteroatoms. The Balaban J connectivity index is 3.18. The Morgan fingerprint density at radius 1 is 1.44 bits per heavy atom. The van der Waals surface area contributed by atoms with E-state index in [1.807, 2.05) is 10.8 Å². The van der Waals surface area contributed by atoms with Crippen molar-refractivity contribution in [2.24, 2.45) is 0 Å². The van der Waals surface area contributed by atoms with Crippen LogP contribution in [0, 0.1) is 0 Å². The number of thiophene rings is 1. The van der Waals surface area contributed by atoms with Crippen molar-refractivity contribution in [2.45, 2.75) is 38.0 Å². The molecule has 0 spiro atoms. The summed E-state index contributed by atoms with van der Waals surface area (Å²) < 4.78 is 24.2. The summed E-state index contributed by atoms with van der Waals surface area (Å²) in [5.41, 5.74) is 1.02. The van der Waals surface area contributed by atoms with Crippen LogP contribution in [0.4, 0.5) is 0 Å². The summed E-state index contributed by atoms with van der Waals surface area (Å²) in [6.07, 6.45) is 2.27. The van der Waals surface area contributed by atoms with E-state index in [4.69, 9.17) is 0 Å².